The number of benzene rings is 2. The van der Waals surface area contributed by atoms with E-state index in [0.717, 1.165) is 23.5 Å². The second-order valence-corrected chi connectivity index (χ2v) is 6.55. The normalized spacial score (nSPS) is 11.2. The first-order valence-corrected chi connectivity index (χ1v) is 8.43. The zero-order valence-corrected chi connectivity index (χ0v) is 14.6. The van der Waals surface area contributed by atoms with Gasteiger partial charge in [-0.15, -0.1) is 24.5 Å². The van der Waals surface area contributed by atoms with Gasteiger partial charge in [-0.2, -0.15) is 0 Å². The van der Waals surface area contributed by atoms with E-state index in [4.69, 9.17) is 5.73 Å². The summed E-state index contributed by atoms with van der Waals surface area (Å²) in [6.07, 6.45) is -4.81. The molecule has 3 amide bonds. The van der Waals surface area contributed by atoms with Crippen molar-refractivity contribution in [1.29, 1.82) is 0 Å². The van der Waals surface area contributed by atoms with Crippen LogP contribution in [0.2, 0.25) is 0 Å². The lowest BCUT2D eigenvalue weighted by molar-refractivity contribution is -0.274. The number of fused-ring (bicyclic) bond motifs is 1. The molecule has 1 heterocycles. The van der Waals surface area contributed by atoms with Crippen molar-refractivity contribution in [2.75, 3.05) is 10.6 Å². The van der Waals surface area contributed by atoms with Crippen LogP contribution in [0.1, 0.15) is 10.4 Å². The number of hydrogen-bond acceptors (Lipinski definition) is 5. The van der Waals surface area contributed by atoms with Gasteiger partial charge in [-0.25, -0.2) is 4.79 Å². The fourth-order valence-corrected chi connectivity index (χ4v) is 3.56. The summed E-state index contributed by atoms with van der Waals surface area (Å²) in [6.45, 7) is 0. The topological polar surface area (TPSA) is 114 Å². The molecule has 0 aliphatic carbocycles. The van der Waals surface area contributed by atoms with Crippen molar-refractivity contribution in [3.63, 3.8) is 0 Å². The fourth-order valence-electron chi connectivity index (χ4n) is 2.42. The number of phenolic OH excluding ortho intramolecular Hbond substituents is 1. The van der Waals surface area contributed by atoms with Gasteiger partial charge in [0.1, 0.15) is 16.5 Å². The van der Waals surface area contributed by atoms with Gasteiger partial charge in [0, 0.05) is 15.8 Å². The Bertz CT molecular complexity index is 1050. The Morgan fingerprint density at radius 3 is 2.36 bits per heavy atom. The summed E-state index contributed by atoms with van der Waals surface area (Å²) in [5, 5.41) is 15.1. The highest BCUT2D eigenvalue weighted by atomic mass is 32.1. The van der Waals surface area contributed by atoms with Crippen LogP contribution in [0.5, 0.6) is 11.5 Å². The van der Waals surface area contributed by atoms with Gasteiger partial charge in [-0.3, -0.25) is 10.1 Å². The van der Waals surface area contributed by atoms with E-state index < -0.39 is 24.1 Å². The molecule has 0 aliphatic rings. The average Bonchev–Trinajstić information content (AvgIpc) is 2.92. The first-order valence-electron chi connectivity index (χ1n) is 7.61. The van der Waals surface area contributed by atoms with Crippen LogP contribution in [0.15, 0.2) is 42.5 Å². The number of anilines is 2. The van der Waals surface area contributed by atoms with Crippen molar-refractivity contribution < 1.29 is 32.6 Å². The quantitative estimate of drug-likeness (QED) is 0.514. The first-order chi connectivity index (χ1) is 13.1. The lowest BCUT2D eigenvalue weighted by Gasteiger charge is -2.10. The van der Waals surface area contributed by atoms with Crippen molar-refractivity contribution in [3.8, 4) is 11.5 Å². The third kappa shape index (κ3) is 4.43. The zero-order valence-electron chi connectivity index (χ0n) is 13.8. The van der Waals surface area contributed by atoms with E-state index >= 15 is 0 Å². The number of nitrogens with two attached hydrogens (primary N) is 1. The number of thiophene rings is 1. The Labute approximate surface area is 159 Å². The molecule has 28 heavy (non-hydrogen) atoms. The molecule has 0 fully saturated rings. The Morgan fingerprint density at radius 2 is 1.75 bits per heavy atom. The molecule has 1 aromatic heterocycles. The smallest absolute Gasteiger partial charge is 0.508 e. The van der Waals surface area contributed by atoms with Gasteiger partial charge in [0.15, 0.2) is 0 Å². The number of primary amides is 1. The lowest BCUT2D eigenvalue weighted by atomic mass is 10.1. The first kappa shape index (κ1) is 19.3. The van der Waals surface area contributed by atoms with Crippen molar-refractivity contribution in [3.05, 3.63) is 48.0 Å². The molecule has 0 unspecified atom stereocenters. The van der Waals surface area contributed by atoms with Crippen LogP contribution in [-0.2, 0) is 0 Å². The maximum Gasteiger partial charge on any atom is 0.573 e. The summed E-state index contributed by atoms with van der Waals surface area (Å²) in [4.78, 5) is 23.9. The van der Waals surface area contributed by atoms with Crippen LogP contribution in [0, 0.1) is 0 Å². The van der Waals surface area contributed by atoms with Gasteiger partial charge < -0.3 is 20.9 Å². The van der Waals surface area contributed by atoms with Crippen molar-refractivity contribution in [2.24, 2.45) is 5.73 Å². The Balaban J connectivity index is 1.76. The molecule has 0 spiro atoms. The minimum atomic E-state index is -4.81. The van der Waals surface area contributed by atoms with E-state index in [0.29, 0.717) is 10.1 Å². The van der Waals surface area contributed by atoms with Gasteiger partial charge in [-0.05, 0) is 42.5 Å². The van der Waals surface area contributed by atoms with Crippen LogP contribution in [0.4, 0.5) is 28.7 Å². The summed E-state index contributed by atoms with van der Waals surface area (Å²) < 4.78 is 40.8. The molecule has 3 aromatic rings. The Hall–Kier alpha value is -3.47. The summed E-state index contributed by atoms with van der Waals surface area (Å²) in [5.41, 5.74) is 5.67. The largest absolute Gasteiger partial charge is 0.573 e. The molecular formula is C17H12F3N3O4S. The third-order valence-corrected chi connectivity index (χ3v) is 4.56. The van der Waals surface area contributed by atoms with E-state index in [2.05, 4.69) is 15.4 Å². The fraction of sp³-hybridized carbons (Fsp3) is 0.0588. The van der Waals surface area contributed by atoms with E-state index in [-0.39, 0.29) is 22.0 Å². The molecule has 0 saturated carbocycles. The predicted octanol–water partition coefficient (Wildman–Crippen LogP) is 4.25. The number of rotatable bonds is 4. The predicted molar refractivity (Wildman–Crippen MR) is 97.8 cm³/mol. The highest BCUT2D eigenvalue weighted by Gasteiger charge is 2.31. The number of phenols is 1. The highest BCUT2D eigenvalue weighted by molar-refractivity contribution is 7.23. The number of carbonyl (C=O) groups is 2. The molecule has 0 atom stereocenters. The second kappa shape index (κ2) is 7.27. The zero-order chi connectivity index (χ0) is 20.5. The van der Waals surface area contributed by atoms with E-state index in [1.165, 1.54) is 30.3 Å². The SMILES string of the molecule is NC(=O)c1c(NC(=O)Nc2ccc(OC(F)(F)F)cc2)sc2cc(O)ccc12. The number of alkyl halides is 3. The molecule has 7 nitrogen and oxygen atoms in total. The molecule has 0 aliphatic heterocycles. The van der Waals surface area contributed by atoms with Gasteiger partial charge in [0.2, 0.25) is 0 Å². The van der Waals surface area contributed by atoms with Crippen molar-refractivity contribution in [1.82, 2.24) is 0 Å². The monoisotopic (exact) mass is 411 g/mol. The Morgan fingerprint density at radius 1 is 1.07 bits per heavy atom. The number of amides is 3. The molecule has 3 rings (SSSR count). The number of aromatic hydroxyl groups is 1. The van der Waals surface area contributed by atoms with Crippen LogP contribution < -0.4 is 21.1 Å². The van der Waals surface area contributed by atoms with Crippen LogP contribution >= 0.6 is 11.3 Å². The maximum absolute atomic E-state index is 12.2. The molecule has 11 heteroatoms. The number of urea groups is 1. The second-order valence-electron chi connectivity index (χ2n) is 5.50. The van der Waals surface area contributed by atoms with Crippen LogP contribution in [0.25, 0.3) is 10.1 Å². The van der Waals surface area contributed by atoms with Gasteiger partial charge in [-0.1, -0.05) is 0 Å². The number of ether oxygens (including phenoxy) is 1. The molecule has 0 radical (unpaired) electrons. The highest BCUT2D eigenvalue weighted by Crippen LogP contribution is 2.37. The van der Waals surface area contributed by atoms with E-state index in [9.17, 15) is 27.9 Å². The number of carbonyl (C=O) groups excluding carboxylic acids is 2. The number of nitrogens with one attached hydrogen (secondary N) is 2. The summed E-state index contributed by atoms with van der Waals surface area (Å²) in [7, 11) is 0. The molecule has 146 valence electrons. The van der Waals surface area contributed by atoms with E-state index in [1.807, 2.05) is 0 Å². The van der Waals surface area contributed by atoms with Crippen molar-refractivity contribution >= 4 is 44.0 Å². The minimum Gasteiger partial charge on any atom is -0.508 e. The minimum absolute atomic E-state index is 0.0121. The maximum atomic E-state index is 12.2. The number of halogens is 3. The van der Waals surface area contributed by atoms with Gasteiger partial charge >= 0.3 is 12.4 Å². The summed E-state index contributed by atoms with van der Waals surface area (Å²) >= 11 is 1.04. The summed E-state index contributed by atoms with van der Waals surface area (Å²) in [6, 6.07) is 8.11. The Kier molecular flexibility index (Phi) is 5.01. The molecule has 0 saturated heterocycles. The molecule has 5 N–H and O–H groups in total. The number of hydrogen-bond donors (Lipinski definition) is 4. The molecule has 2 aromatic carbocycles. The molecule has 0 bridgehead atoms. The van der Waals surface area contributed by atoms with Crippen LogP contribution in [-0.4, -0.2) is 23.4 Å². The summed E-state index contributed by atoms with van der Waals surface area (Å²) in [5.74, 6) is -1.21. The van der Waals surface area contributed by atoms with Gasteiger partial charge in [0.05, 0.1) is 5.56 Å². The standard InChI is InChI=1S/C17H12F3N3O4S/c18-17(19,20)27-10-4-1-8(2-5-10)22-16(26)23-15-13(14(21)25)11-6-3-9(24)7-12(11)28-15/h1-7,24H,(H2,21,25)(H2,22,23,26). The van der Waals surface area contributed by atoms with E-state index in [1.54, 1.807) is 0 Å². The van der Waals surface area contributed by atoms with Gasteiger partial charge in [0.25, 0.3) is 5.91 Å². The van der Waals surface area contributed by atoms with Crippen LogP contribution in [0.3, 0.4) is 0 Å². The lowest BCUT2D eigenvalue weighted by Crippen LogP contribution is -2.21. The third-order valence-electron chi connectivity index (χ3n) is 3.49. The van der Waals surface area contributed by atoms with Crippen molar-refractivity contribution in [2.45, 2.75) is 6.36 Å². The average molecular weight is 411 g/mol. The molecular weight excluding hydrogens is 399 g/mol.